The molecule has 0 fully saturated rings. The number of hydrogen-bond acceptors (Lipinski definition) is 3. The van der Waals surface area contributed by atoms with Gasteiger partial charge in [0.1, 0.15) is 6.10 Å². The summed E-state index contributed by atoms with van der Waals surface area (Å²) in [4.78, 5) is 23.8. The second kappa shape index (κ2) is 3.29. The summed E-state index contributed by atoms with van der Waals surface area (Å²) < 4.78 is 5.38. The zero-order valence-electron chi connectivity index (χ0n) is 9.53. The van der Waals surface area contributed by atoms with Crippen molar-refractivity contribution in [2.24, 2.45) is 5.92 Å². The van der Waals surface area contributed by atoms with Gasteiger partial charge in [0.2, 0.25) is 0 Å². The molecule has 0 amide bonds. The Morgan fingerprint density at radius 2 is 2.06 bits per heavy atom. The van der Waals surface area contributed by atoms with Crippen molar-refractivity contribution in [3.05, 3.63) is 47.0 Å². The third-order valence-electron chi connectivity index (χ3n) is 3.55. The summed E-state index contributed by atoms with van der Waals surface area (Å²) >= 11 is 0. The normalized spacial score (nSPS) is 25.5. The molecule has 0 radical (unpaired) electrons. The summed E-state index contributed by atoms with van der Waals surface area (Å²) in [6.45, 7) is 5.76. The number of hydrogen-bond donors (Lipinski definition) is 0. The standard InChI is InChI=1S/C14H12O3/c1-7(2)10-6-11(15)8-4-3-5-9-12(8)13(10)17-14(9)16/h3-5,10,13H,1,6H2,2H3/t10-,13-/m1/s1. The van der Waals surface area contributed by atoms with Gasteiger partial charge in [-0.15, -0.1) is 0 Å². The molecule has 3 nitrogen and oxygen atoms in total. The Hall–Kier alpha value is -1.90. The number of Topliss-reactive ketones (excluding diaryl/α,β-unsaturated/α-hetero) is 1. The molecular formula is C14H12O3. The molecule has 0 bridgehead atoms. The maximum absolute atomic E-state index is 12.0. The van der Waals surface area contributed by atoms with E-state index in [2.05, 4.69) is 6.58 Å². The molecule has 2 aliphatic rings. The molecule has 0 N–H and O–H groups in total. The predicted molar refractivity (Wildman–Crippen MR) is 61.9 cm³/mol. The molecule has 0 saturated heterocycles. The van der Waals surface area contributed by atoms with Crippen LogP contribution in [-0.4, -0.2) is 11.8 Å². The second-order valence-electron chi connectivity index (χ2n) is 4.67. The van der Waals surface area contributed by atoms with Crippen molar-refractivity contribution in [1.82, 2.24) is 0 Å². The van der Waals surface area contributed by atoms with Gasteiger partial charge in [-0.3, -0.25) is 4.79 Å². The van der Waals surface area contributed by atoms with Crippen molar-refractivity contribution in [1.29, 1.82) is 0 Å². The number of carbonyl (C=O) groups is 2. The Bertz CT molecular complexity index is 557. The van der Waals surface area contributed by atoms with Crippen LogP contribution in [0.1, 0.15) is 45.7 Å². The first-order valence-corrected chi connectivity index (χ1v) is 5.62. The van der Waals surface area contributed by atoms with Gasteiger partial charge >= 0.3 is 5.97 Å². The van der Waals surface area contributed by atoms with Crippen molar-refractivity contribution < 1.29 is 14.3 Å². The molecule has 2 atom stereocenters. The summed E-state index contributed by atoms with van der Waals surface area (Å²) in [5.74, 6) is -0.334. The fourth-order valence-corrected chi connectivity index (χ4v) is 2.66. The van der Waals surface area contributed by atoms with E-state index in [-0.39, 0.29) is 23.8 Å². The van der Waals surface area contributed by atoms with E-state index in [1.165, 1.54) is 0 Å². The van der Waals surface area contributed by atoms with Crippen LogP contribution in [0.2, 0.25) is 0 Å². The van der Waals surface area contributed by atoms with Gasteiger partial charge in [-0.05, 0) is 13.0 Å². The van der Waals surface area contributed by atoms with Crippen LogP contribution in [0.5, 0.6) is 0 Å². The Morgan fingerprint density at radius 1 is 1.35 bits per heavy atom. The third kappa shape index (κ3) is 1.28. The van der Waals surface area contributed by atoms with Crippen molar-refractivity contribution in [3.8, 4) is 0 Å². The Morgan fingerprint density at radius 3 is 2.76 bits per heavy atom. The van der Waals surface area contributed by atoms with Crippen LogP contribution in [0.3, 0.4) is 0 Å². The molecule has 0 unspecified atom stereocenters. The molecule has 3 rings (SSSR count). The van der Waals surface area contributed by atoms with Gasteiger partial charge < -0.3 is 4.74 Å². The molecule has 17 heavy (non-hydrogen) atoms. The highest BCUT2D eigenvalue weighted by atomic mass is 16.5. The number of rotatable bonds is 1. The predicted octanol–water partition coefficient (Wildman–Crippen LogP) is 2.68. The highest BCUT2D eigenvalue weighted by molar-refractivity contribution is 6.05. The van der Waals surface area contributed by atoms with Crippen LogP contribution < -0.4 is 0 Å². The number of carbonyl (C=O) groups excluding carboxylic acids is 2. The van der Waals surface area contributed by atoms with E-state index in [0.717, 1.165) is 11.1 Å². The van der Waals surface area contributed by atoms with E-state index in [1.54, 1.807) is 18.2 Å². The minimum Gasteiger partial charge on any atom is -0.453 e. The average Bonchev–Trinajstić information content (AvgIpc) is 2.63. The first kappa shape index (κ1) is 10.3. The Balaban J connectivity index is 2.24. The van der Waals surface area contributed by atoms with E-state index in [9.17, 15) is 9.59 Å². The smallest absolute Gasteiger partial charge is 0.339 e. The van der Waals surface area contributed by atoms with E-state index in [1.807, 2.05) is 6.92 Å². The number of esters is 1. The van der Waals surface area contributed by atoms with Gasteiger partial charge in [-0.2, -0.15) is 0 Å². The summed E-state index contributed by atoms with van der Waals surface area (Å²) in [6, 6.07) is 5.22. The number of benzene rings is 1. The quantitative estimate of drug-likeness (QED) is 0.548. The van der Waals surface area contributed by atoms with Crippen molar-refractivity contribution in [3.63, 3.8) is 0 Å². The molecule has 1 aliphatic carbocycles. The first-order chi connectivity index (χ1) is 8.09. The van der Waals surface area contributed by atoms with Gasteiger partial charge in [0.05, 0.1) is 5.56 Å². The van der Waals surface area contributed by atoms with Crippen LogP contribution in [0.15, 0.2) is 30.4 Å². The van der Waals surface area contributed by atoms with Gasteiger partial charge in [0, 0.05) is 23.5 Å². The zero-order valence-corrected chi connectivity index (χ0v) is 9.53. The first-order valence-electron chi connectivity index (χ1n) is 5.62. The van der Waals surface area contributed by atoms with Crippen LogP contribution in [0.4, 0.5) is 0 Å². The highest BCUT2D eigenvalue weighted by Crippen LogP contribution is 2.46. The lowest BCUT2D eigenvalue weighted by atomic mass is 9.77. The number of ketones is 1. The topological polar surface area (TPSA) is 43.4 Å². The van der Waals surface area contributed by atoms with Gasteiger partial charge in [0.15, 0.2) is 5.78 Å². The fourth-order valence-electron chi connectivity index (χ4n) is 2.66. The third-order valence-corrected chi connectivity index (χ3v) is 3.55. The monoisotopic (exact) mass is 228 g/mol. The minimum atomic E-state index is -0.326. The van der Waals surface area contributed by atoms with Gasteiger partial charge in [-0.25, -0.2) is 4.79 Å². The molecule has 1 heterocycles. The molecule has 3 heteroatoms. The number of ether oxygens (including phenoxy) is 1. The fraction of sp³-hybridized carbons (Fsp3) is 0.286. The minimum absolute atomic E-state index is 0.0735. The van der Waals surface area contributed by atoms with Crippen molar-refractivity contribution in [2.75, 3.05) is 0 Å². The van der Waals surface area contributed by atoms with Crippen LogP contribution in [0, 0.1) is 5.92 Å². The van der Waals surface area contributed by atoms with E-state index in [0.29, 0.717) is 17.5 Å². The summed E-state index contributed by atoms with van der Waals surface area (Å²) in [7, 11) is 0. The summed E-state index contributed by atoms with van der Waals surface area (Å²) in [6.07, 6.45) is 0.0629. The Kier molecular flexibility index (Phi) is 1.99. The molecule has 0 aromatic heterocycles. The Labute approximate surface area is 99.1 Å². The van der Waals surface area contributed by atoms with E-state index in [4.69, 9.17) is 4.74 Å². The van der Waals surface area contributed by atoms with Crippen molar-refractivity contribution in [2.45, 2.75) is 19.4 Å². The summed E-state index contributed by atoms with van der Waals surface area (Å²) in [5.41, 5.74) is 2.82. The molecule has 0 saturated carbocycles. The lowest BCUT2D eigenvalue weighted by Crippen LogP contribution is -2.25. The summed E-state index contributed by atoms with van der Waals surface area (Å²) in [5, 5.41) is 0. The zero-order chi connectivity index (χ0) is 12.2. The molecular weight excluding hydrogens is 216 g/mol. The maximum Gasteiger partial charge on any atom is 0.339 e. The van der Waals surface area contributed by atoms with Crippen LogP contribution in [-0.2, 0) is 4.74 Å². The van der Waals surface area contributed by atoms with Crippen LogP contribution >= 0.6 is 0 Å². The van der Waals surface area contributed by atoms with Crippen LogP contribution in [0.25, 0.3) is 0 Å². The van der Waals surface area contributed by atoms with Crippen molar-refractivity contribution >= 4 is 11.8 Å². The largest absolute Gasteiger partial charge is 0.453 e. The lowest BCUT2D eigenvalue weighted by Gasteiger charge is -2.28. The molecule has 1 aromatic carbocycles. The SMILES string of the molecule is C=C(C)[C@H]1CC(=O)c2cccc3c2[C@@H]1OC3=O. The molecule has 0 spiro atoms. The second-order valence-corrected chi connectivity index (χ2v) is 4.67. The van der Waals surface area contributed by atoms with E-state index < -0.39 is 0 Å². The lowest BCUT2D eigenvalue weighted by molar-refractivity contribution is 0.0250. The average molecular weight is 228 g/mol. The molecule has 86 valence electrons. The van der Waals surface area contributed by atoms with Gasteiger partial charge in [0.25, 0.3) is 0 Å². The molecule has 1 aliphatic heterocycles. The van der Waals surface area contributed by atoms with Gasteiger partial charge in [-0.1, -0.05) is 24.3 Å². The van der Waals surface area contributed by atoms with E-state index >= 15 is 0 Å². The maximum atomic E-state index is 12.0. The molecule has 1 aromatic rings. The highest BCUT2D eigenvalue weighted by Gasteiger charge is 2.44.